The third kappa shape index (κ3) is 9.82. The van der Waals surface area contributed by atoms with Gasteiger partial charge < -0.3 is 0 Å². The first-order chi connectivity index (χ1) is 24.2. The molecule has 6 atom stereocenters. The first-order valence-corrected chi connectivity index (χ1v) is 24.5. The summed E-state index contributed by atoms with van der Waals surface area (Å²) in [5.74, 6) is 0. The molecule has 7 heteroatoms. The van der Waals surface area contributed by atoms with Crippen LogP contribution in [0.1, 0.15) is 61.8 Å². The number of unbranched alkanes of at least 4 members (excludes halogenated alkanes) is 2. The van der Waals surface area contributed by atoms with Gasteiger partial charge in [0.1, 0.15) is 0 Å². The third-order valence-electron chi connectivity index (χ3n) is 9.61. The second-order valence-corrected chi connectivity index (χ2v) is 22.7. The van der Waals surface area contributed by atoms with Gasteiger partial charge in [0, 0.05) is 0 Å². The fourth-order valence-electron chi connectivity index (χ4n) is 6.99. The minimum absolute atomic E-state index is 0.314. The summed E-state index contributed by atoms with van der Waals surface area (Å²) in [6, 6.07) is 41.3. The van der Waals surface area contributed by atoms with E-state index in [1.165, 1.54) is 0 Å². The van der Waals surface area contributed by atoms with Gasteiger partial charge in [0.2, 0.25) is 0 Å². The standard InChI is InChI=1S/C34H34O6.2C4H9.Sn/c35-29-30(36)32(38-22-26-15-7-2-8-16-26)34(40-24-28-19-11-4-12-20-28)33(39-23-27-17-9-3-10-18-27)31(29)37-21-25-13-5-1-6-14-25;2*1-3-4-2;/h1-20,29-34H,21-24H2;2*1,3-4H2,2H3;/q-2;;;+2/t29-,30+,31-,32-,33+,34+;;;/m1.../s1. The number of hydrogen-bond donors (Lipinski definition) is 0. The Morgan fingerprint density at radius 1 is 0.429 bits per heavy atom. The van der Waals surface area contributed by atoms with Gasteiger partial charge in [-0.25, -0.2) is 0 Å². The van der Waals surface area contributed by atoms with Crippen LogP contribution in [0.2, 0.25) is 8.87 Å². The molecule has 0 amide bonds. The topological polar surface area (TPSA) is 55.4 Å². The van der Waals surface area contributed by atoms with Crippen molar-refractivity contribution in [1.29, 1.82) is 0 Å². The van der Waals surface area contributed by atoms with E-state index in [4.69, 9.17) is 25.1 Å². The molecule has 1 saturated carbocycles. The fraction of sp³-hybridized carbons (Fsp3) is 0.429. The van der Waals surface area contributed by atoms with Crippen LogP contribution in [0.15, 0.2) is 121 Å². The molecule has 6 rings (SSSR count). The fourth-order valence-corrected chi connectivity index (χ4v) is 18.7. The minimum atomic E-state index is -3.57. The summed E-state index contributed by atoms with van der Waals surface area (Å²) < 4.78 is 44.6. The van der Waals surface area contributed by atoms with E-state index in [2.05, 4.69) is 86.6 Å². The predicted octanol–water partition coefficient (Wildman–Crippen LogP) is 9.17. The van der Waals surface area contributed by atoms with Gasteiger partial charge in [0.15, 0.2) is 0 Å². The molecule has 0 aromatic heterocycles. The van der Waals surface area contributed by atoms with Crippen LogP contribution in [0.25, 0.3) is 0 Å². The van der Waals surface area contributed by atoms with Crippen molar-refractivity contribution < 1.29 is 25.1 Å². The summed E-state index contributed by atoms with van der Waals surface area (Å²) in [5.41, 5.74) is 4.41. The van der Waals surface area contributed by atoms with E-state index < -0.39 is 43.6 Å². The molecule has 1 heterocycles. The summed E-state index contributed by atoms with van der Waals surface area (Å²) in [7, 11) is 0. The van der Waals surface area contributed by atoms with E-state index >= 15 is 0 Å². The Morgan fingerprint density at radius 2 is 0.714 bits per heavy atom. The first kappa shape index (κ1) is 36.2. The Balaban J connectivity index is 1.39. The molecule has 2 fully saturated rings. The molecule has 1 aliphatic heterocycles. The maximum atomic E-state index is 7.38. The van der Waals surface area contributed by atoms with E-state index in [0.717, 1.165) is 56.8 Å². The molecule has 49 heavy (non-hydrogen) atoms. The van der Waals surface area contributed by atoms with Crippen LogP contribution in [-0.2, 0) is 51.5 Å². The van der Waals surface area contributed by atoms with Crippen LogP contribution < -0.4 is 0 Å². The van der Waals surface area contributed by atoms with Crippen LogP contribution in [0.4, 0.5) is 0 Å². The zero-order chi connectivity index (χ0) is 33.7. The van der Waals surface area contributed by atoms with Crippen molar-refractivity contribution in [2.75, 3.05) is 0 Å². The Hall–Kier alpha value is -2.56. The van der Waals surface area contributed by atoms with Crippen LogP contribution in [0.5, 0.6) is 0 Å². The molecule has 4 aromatic carbocycles. The van der Waals surface area contributed by atoms with Crippen molar-refractivity contribution in [2.24, 2.45) is 0 Å². The van der Waals surface area contributed by atoms with Gasteiger partial charge in [-0.05, 0) is 0 Å². The first-order valence-electron chi connectivity index (χ1n) is 18.2. The molecule has 1 saturated heterocycles. The second-order valence-electron chi connectivity index (χ2n) is 13.3. The molecule has 0 radical (unpaired) electrons. The van der Waals surface area contributed by atoms with Crippen molar-refractivity contribution in [3.63, 3.8) is 0 Å². The number of benzene rings is 4. The Kier molecular flexibility index (Phi) is 13.8. The van der Waals surface area contributed by atoms with E-state index in [9.17, 15) is 0 Å². The third-order valence-corrected chi connectivity index (χ3v) is 20.0. The average Bonchev–Trinajstić information content (AvgIpc) is 3.54. The van der Waals surface area contributed by atoms with Crippen molar-refractivity contribution in [1.82, 2.24) is 0 Å². The van der Waals surface area contributed by atoms with E-state index in [-0.39, 0.29) is 12.2 Å². The Bertz CT molecular complexity index is 1380. The van der Waals surface area contributed by atoms with Gasteiger partial charge in [-0.2, -0.15) is 0 Å². The number of hydrogen-bond acceptors (Lipinski definition) is 6. The molecule has 260 valence electrons. The Morgan fingerprint density at radius 3 is 1.00 bits per heavy atom. The van der Waals surface area contributed by atoms with Gasteiger partial charge in [0.25, 0.3) is 0 Å². The van der Waals surface area contributed by atoms with Crippen molar-refractivity contribution >= 4 is 19.2 Å². The predicted molar refractivity (Wildman–Crippen MR) is 195 cm³/mol. The molecule has 0 bridgehead atoms. The van der Waals surface area contributed by atoms with E-state index in [1.54, 1.807) is 0 Å². The molecule has 1 aliphatic carbocycles. The van der Waals surface area contributed by atoms with Crippen LogP contribution in [0.3, 0.4) is 0 Å². The van der Waals surface area contributed by atoms with Crippen LogP contribution in [0, 0.1) is 0 Å². The maximum absolute atomic E-state index is 7.38. The zero-order valence-electron chi connectivity index (χ0n) is 29.0. The summed E-state index contributed by atoms with van der Waals surface area (Å²) >= 11 is -3.57. The zero-order valence-corrected chi connectivity index (χ0v) is 31.9. The number of fused-ring (bicyclic) bond motifs is 1. The van der Waals surface area contributed by atoms with Crippen LogP contribution >= 0.6 is 0 Å². The SMILES string of the molecule is CCC[CH2][Sn]1([CH2]CCC)[O][C@@H]2[C@@H](OCc3ccccc3)[C@H](OCc3ccccc3)[C@@H](OCc3ccccc3)[C@H](OCc3ccccc3)[C@@H]2[O]1. The molecule has 2 aliphatic rings. The molecule has 0 unspecified atom stereocenters. The van der Waals surface area contributed by atoms with Gasteiger partial charge in [-0.3, -0.25) is 0 Å². The van der Waals surface area contributed by atoms with Crippen LogP contribution in [-0.4, -0.2) is 55.8 Å². The average molecular weight is 772 g/mol. The van der Waals surface area contributed by atoms with Gasteiger partial charge in [-0.15, -0.1) is 0 Å². The molecule has 0 N–H and O–H groups in total. The van der Waals surface area contributed by atoms with Gasteiger partial charge >= 0.3 is 299 Å². The monoisotopic (exact) mass is 772 g/mol. The van der Waals surface area contributed by atoms with Gasteiger partial charge in [-0.1, -0.05) is 0 Å². The quantitative estimate of drug-likeness (QED) is 0.0942. The van der Waals surface area contributed by atoms with Crippen molar-refractivity contribution in [3.8, 4) is 0 Å². The van der Waals surface area contributed by atoms with E-state index in [1.807, 2.05) is 48.5 Å². The Labute approximate surface area is 298 Å². The molecule has 0 spiro atoms. The van der Waals surface area contributed by atoms with E-state index in [0.29, 0.717) is 26.4 Å². The second kappa shape index (κ2) is 18.6. The summed E-state index contributed by atoms with van der Waals surface area (Å²) in [6.07, 6.45) is 2.06. The summed E-state index contributed by atoms with van der Waals surface area (Å²) in [6.45, 7) is 6.23. The molecular formula is C42H52O6Sn. The van der Waals surface area contributed by atoms with Gasteiger partial charge in [0.05, 0.1) is 0 Å². The summed E-state index contributed by atoms with van der Waals surface area (Å²) in [4.78, 5) is 0. The normalized spacial score (nSPS) is 24.4. The molecule has 4 aromatic rings. The van der Waals surface area contributed by atoms with Crippen molar-refractivity contribution in [2.45, 2.75) is 111 Å². The molecular weight excluding hydrogens is 719 g/mol. The number of ether oxygens (including phenoxy) is 4. The van der Waals surface area contributed by atoms with Crippen molar-refractivity contribution in [3.05, 3.63) is 144 Å². The molecule has 6 nitrogen and oxygen atoms in total. The number of rotatable bonds is 18. The summed E-state index contributed by atoms with van der Waals surface area (Å²) in [5, 5.41) is 0.